The Bertz CT molecular complexity index is 1140. The first-order valence-corrected chi connectivity index (χ1v) is 9.28. The minimum atomic E-state index is -0.759. The summed E-state index contributed by atoms with van der Waals surface area (Å²) >= 11 is 5.74. The van der Waals surface area contributed by atoms with Gasteiger partial charge < -0.3 is 20.9 Å². The van der Waals surface area contributed by atoms with E-state index in [1.807, 2.05) is 4.90 Å². The van der Waals surface area contributed by atoms with Crippen LogP contribution in [0.3, 0.4) is 0 Å². The zero-order chi connectivity index (χ0) is 20.6. The SMILES string of the molecule is N#Cc1c[nH]c2ncnc(N3CC[C@](N)(CNC(=O)c4cccc(Cl)c4F)C3)c12. The van der Waals surface area contributed by atoms with Gasteiger partial charge in [-0.25, -0.2) is 14.4 Å². The molecule has 0 aliphatic carbocycles. The molecule has 0 saturated carbocycles. The molecular weight excluding hydrogens is 397 g/mol. The van der Waals surface area contributed by atoms with Gasteiger partial charge in [0, 0.05) is 25.8 Å². The van der Waals surface area contributed by atoms with Gasteiger partial charge in [0.1, 0.15) is 23.9 Å². The molecule has 2 aromatic heterocycles. The average Bonchev–Trinajstić information content (AvgIpc) is 3.32. The summed E-state index contributed by atoms with van der Waals surface area (Å²) in [6, 6.07) is 6.39. The van der Waals surface area contributed by atoms with Crippen LogP contribution in [-0.2, 0) is 0 Å². The highest BCUT2D eigenvalue weighted by atomic mass is 35.5. The second-order valence-electron chi connectivity index (χ2n) is 7.05. The summed E-state index contributed by atoms with van der Waals surface area (Å²) in [6.07, 6.45) is 3.60. The smallest absolute Gasteiger partial charge is 0.254 e. The molecule has 0 radical (unpaired) electrons. The molecular formula is C19H17ClFN7O. The van der Waals surface area contributed by atoms with Gasteiger partial charge >= 0.3 is 0 Å². The zero-order valence-electron chi connectivity index (χ0n) is 15.2. The Hall–Kier alpha value is -3.22. The average molecular weight is 414 g/mol. The number of hydrogen-bond acceptors (Lipinski definition) is 6. The van der Waals surface area contributed by atoms with Gasteiger partial charge in [-0.1, -0.05) is 17.7 Å². The number of hydrogen-bond donors (Lipinski definition) is 3. The number of nitrogens with one attached hydrogen (secondary N) is 2. The lowest BCUT2D eigenvalue weighted by molar-refractivity contribution is 0.0941. The van der Waals surface area contributed by atoms with Crippen LogP contribution in [0.2, 0.25) is 5.02 Å². The summed E-state index contributed by atoms with van der Waals surface area (Å²) in [7, 11) is 0. The van der Waals surface area contributed by atoms with Crippen LogP contribution >= 0.6 is 11.6 Å². The second kappa shape index (κ2) is 7.31. The maximum atomic E-state index is 14.0. The Morgan fingerprint density at radius 1 is 1.48 bits per heavy atom. The number of nitrogens with zero attached hydrogens (tertiary/aromatic N) is 4. The maximum Gasteiger partial charge on any atom is 0.254 e. The number of carbonyl (C=O) groups excluding carboxylic acids is 1. The first kappa shape index (κ1) is 19.1. The Kier molecular flexibility index (Phi) is 4.82. The second-order valence-corrected chi connectivity index (χ2v) is 7.46. The number of benzene rings is 1. The Balaban J connectivity index is 1.49. The fourth-order valence-electron chi connectivity index (χ4n) is 3.53. The first-order chi connectivity index (χ1) is 13.9. The molecule has 1 atom stereocenters. The van der Waals surface area contributed by atoms with Crippen molar-refractivity contribution in [2.24, 2.45) is 5.73 Å². The number of rotatable bonds is 4. The summed E-state index contributed by atoms with van der Waals surface area (Å²) in [4.78, 5) is 25.8. The number of aromatic nitrogens is 3. The molecule has 0 spiro atoms. The van der Waals surface area contributed by atoms with E-state index in [2.05, 4.69) is 26.3 Å². The minimum absolute atomic E-state index is 0.111. The topological polar surface area (TPSA) is 124 Å². The van der Waals surface area contributed by atoms with Gasteiger partial charge in [-0.05, 0) is 18.6 Å². The molecule has 1 aromatic carbocycles. The minimum Gasteiger partial charge on any atom is -0.354 e. The summed E-state index contributed by atoms with van der Waals surface area (Å²) < 4.78 is 14.0. The van der Waals surface area contributed by atoms with E-state index in [4.69, 9.17) is 17.3 Å². The predicted octanol–water partition coefficient (Wildman–Crippen LogP) is 1.96. The number of aromatic amines is 1. The van der Waals surface area contributed by atoms with Gasteiger partial charge in [0.25, 0.3) is 5.91 Å². The van der Waals surface area contributed by atoms with Crippen LogP contribution in [0.15, 0.2) is 30.7 Å². The number of anilines is 1. The van der Waals surface area contributed by atoms with Crippen LogP contribution in [0, 0.1) is 17.1 Å². The third kappa shape index (κ3) is 3.48. The van der Waals surface area contributed by atoms with Gasteiger partial charge in [0.05, 0.1) is 27.1 Å². The van der Waals surface area contributed by atoms with Crippen LogP contribution in [0.5, 0.6) is 0 Å². The van der Waals surface area contributed by atoms with Gasteiger partial charge in [0.15, 0.2) is 5.82 Å². The van der Waals surface area contributed by atoms with Crippen molar-refractivity contribution in [1.82, 2.24) is 20.3 Å². The van der Waals surface area contributed by atoms with E-state index >= 15 is 0 Å². The van der Waals surface area contributed by atoms with Gasteiger partial charge in [-0.2, -0.15) is 5.26 Å². The highest BCUT2D eigenvalue weighted by Gasteiger charge is 2.36. The van der Waals surface area contributed by atoms with E-state index in [0.717, 1.165) is 0 Å². The molecule has 0 bridgehead atoms. The quantitative estimate of drug-likeness (QED) is 0.600. The number of fused-ring (bicyclic) bond motifs is 1. The van der Waals surface area contributed by atoms with E-state index in [0.29, 0.717) is 41.9 Å². The molecule has 1 amide bonds. The molecule has 8 nitrogen and oxygen atoms in total. The van der Waals surface area contributed by atoms with Crippen LogP contribution < -0.4 is 16.0 Å². The Morgan fingerprint density at radius 3 is 3.10 bits per heavy atom. The lowest BCUT2D eigenvalue weighted by Crippen LogP contribution is -2.52. The van der Waals surface area contributed by atoms with Crippen LogP contribution in [0.4, 0.5) is 10.2 Å². The lowest BCUT2D eigenvalue weighted by atomic mass is 10.00. The third-order valence-corrected chi connectivity index (χ3v) is 5.34. The molecule has 1 aliphatic heterocycles. The molecule has 148 valence electrons. The fourth-order valence-corrected chi connectivity index (χ4v) is 3.70. The van der Waals surface area contributed by atoms with Crippen molar-refractivity contribution in [2.45, 2.75) is 12.0 Å². The van der Waals surface area contributed by atoms with Gasteiger partial charge in [0.2, 0.25) is 0 Å². The number of halogens is 2. The van der Waals surface area contributed by atoms with E-state index < -0.39 is 17.3 Å². The third-order valence-electron chi connectivity index (χ3n) is 5.05. The predicted molar refractivity (Wildman–Crippen MR) is 106 cm³/mol. The summed E-state index contributed by atoms with van der Waals surface area (Å²) in [5.74, 6) is -0.715. The van der Waals surface area contributed by atoms with E-state index in [1.54, 1.807) is 6.20 Å². The molecule has 3 heterocycles. The molecule has 3 aromatic rings. The zero-order valence-corrected chi connectivity index (χ0v) is 16.0. The van der Waals surface area contributed by atoms with Crippen molar-refractivity contribution >= 4 is 34.4 Å². The van der Waals surface area contributed by atoms with Crippen LogP contribution in [0.1, 0.15) is 22.3 Å². The highest BCUT2D eigenvalue weighted by Crippen LogP contribution is 2.30. The Morgan fingerprint density at radius 2 is 2.31 bits per heavy atom. The standard InChI is InChI=1S/C19H17ClFN7O/c20-13-3-1-2-12(15(13)21)18(29)25-8-19(23)4-5-28(9-19)17-14-11(6-22)7-24-16(14)26-10-27-17/h1-3,7,10H,4-5,8-9,23H2,(H,25,29)(H,24,26,27)/t19-/m0/s1. The van der Waals surface area contributed by atoms with Gasteiger partial charge in [-0.15, -0.1) is 0 Å². The maximum absolute atomic E-state index is 14.0. The van der Waals surface area contributed by atoms with Crippen molar-refractivity contribution in [3.8, 4) is 6.07 Å². The van der Waals surface area contributed by atoms with Gasteiger partial charge in [-0.3, -0.25) is 4.79 Å². The van der Waals surface area contributed by atoms with Crippen LogP contribution in [0.25, 0.3) is 11.0 Å². The monoisotopic (exact) mass is 413 g/mol. The largest absolute Gasteiger partial charge is 0.354 e. The molecule has 0 unspecified atom stereocenters. The lowest BCUT2D eigenvalue weighted by Gasteiger charge is -2.25. The fraction of sp³-hybridized carbons (Fsp3) is 0.263. The van der Waals surface area contributed by atoms with E-state index in [1.165, 1.54) is 24.5 Å². The molecule has 4 N–H and O–H groups in total. The summed E-state index contributed by atoms with van der Waals surface area (Å²) in [5.41, 5.74) is 6.65. The number of carbonyl (C=O) groups is 1. The number of H-pyrrole nitrogens is 1. The molecule has 10 heteroatoms. The first-order valence-electron chi connectivity index (χ1n) is 8.90. The van der Waals surface area contributed by atoms with Crippen molar-refractivity contribution < 1.29 is 9.18 Å². The van der Waals surface area contributed by atoms with Crippen molar-refractivity contribution in [3.63, 3.8) is 0 Å². The molecule has 1 fully saturated rings. The van der Waals surface area contributed by atoms with Crippen molar-refractivity contribution in [2.75, 3.05) is 24.5 Å². The summed E-state index contributed by atoms with van der Waals surface area (Å²) in [6.45, 7) is 1.16. The molecule has 29 heavy (non-hydrogen) atoms. The summed E-state index contributed by atoms with van der Waals surface area (Å²) in [5, 5.41) is 12.6. The van der Waals surface area contributed by atoms with E-state index in [-0.39, 0.29) is 17.1 Å². The molecule has 1 saturated heterocycles. The highest BCUT2D eigenvalue weighted by molar-refractivity contribution is 6.31. The van der Waals surface area contributed by atoms with E-state index in [9.17, 15) is 14.4 Å². The number of nitriles is 1. The molecule has 1 aliphatic rings. The van der Waals surface area contributed by atoms with Crippen molar-refractivity contribution in [3.05, 3.63) is 52.7 Å². The normalized spacial score (nSPS) is 18.8. The van der Waals surface area contributed by atoms with Crippen molar-refractivity contribution in [1.29, 1.82) is 5.26 Å². The Labute approximate surface area is 170 Å². The van der Waals surface area contributed by atoms with Crippen LogP contribution in [-0.4, -0.2) is 46.0 Å². The number of amides is 1. The molecule has 4 rings (SSSR count). The number of nitrogens with two attached hydrogens (primary N) is 1.